The highest BCUT2D eigenvalue weighted by Gasteiger charge is 2.26. The van der Waals surface area contributed by atoms with E-state index >= 15 is 0 Å². The monoisotopic (exact) mass is 257 g/mol. The molecular weight excluding hydrogens is 242 g/mol. The summed E-state index contributed by atoms with van der Waals surface area (Å²) >= 11 is 7.38. The van der Waals surface area contributed by atoms with Gasteiger partial charge in [-0.3, -0.25) is 4.79 Å². The Hall–Kier alpha value is -0.540. The Morgan fingerprint density at radius 2 is 2.25 bits per heavy atom. The van der Waals surface area contributed by atoms with Crippen LogP contribution in [0.2, 0.25) is 0 Å². The molecule has 0 spiro atoms. The zero-order chi connectivity index (χ0) is 11.4. The standard InChI is InChI=1S/C12H16ClNOS/c13-8-12(15)14(10-4-1-2-5-10)9-11-6-3-7-16-11/h3,6-7,10H,1-2,4-5,8-9H2. The third-order valence-corrected chi connectivity index (χ3v) is 4.20. The second-order valence-electron chi connectivity index (χ2n) is 4.17. The van der Waals surface area contributed by atoms with Crippen LogP contribution in [0.1, 0.15) is 30.6 Å². The Labute approximate surface area is 105 Å². The molecule has 1 heterocycles. The first-order valence-corrected chi connectivity index (χ1v) is 7.10. The fraction of sp³-hybridized carbons (Fsp3) is 0.583. The van der Waals surface area contributed by atoms with Crippen molar-refractivity contribution >= 4 is 28.8 Å². The molecule has 1 aromatic rings. The number of thiophene rings is 1. The van der Waals surface area contributed by atoms with Gasteiger partial charge in [-0.2, -0.15) is 0 Å². The smallest absolute Gasteiger partial charge is 0.238 e. The van der Waals surface area contributed by atoms with Gasteiger partial charge in [0.1, 0.15) is 5.88 Å². The molecule has 1 amide bonds. The lowest BCUT2D eigenvalue weighted by molar-refractivity contribution is -0.131. The van der Waals surface area contributed by atoms with Gasteiger partial charge in [0.15, 0.2) is 0 Å². The van der Waals surface area contributed by atoms with Crippen LogP contribution in [-0.4, -0.2) is 22.7 Å². The number of alkyl halides is 1. The molecule has 0 N–H and O–H groups in total. The summed E-state index contributed by atoms with van der Waals surface area (Å²) in [7, 11) is 0. The maximum Gasteiger partial charge on any atom is 0.238 e. The molecule has 0 bridgehead atoms. The molecule has 1 fully saturated rings. The van der Waals surface area contributed by atoms with Gasteiger partial charge in [0.2, 0.25) is 5.91 Å². The van der Waals surface area contributed by atoms with Gasteiger partial charge in [-0.25, -0.2) is 0 Å². The maximum atomic E-state index is 11.8. The molecule has 16 heavy (non-hydrogen) atoms. The number of carbonyl (C=O) groups is 1. The van der Waals surface area contributed by atoms with Crippen molar-refractivity contribution < 1.29 is 4.79 Å². The van der Waals surface area contributed by atoms with Crippen LogP contribution >= 0.6 is 22.9 Å². The van der Waals surface area contributed by atoms with Crippen LogP contribution in [0, 0.1) is 0 Å². The SMILES string of the molecule is O=C(CCl)N(Cc1cccs1)C1CCCC1. The first-order chi connectivity index (χ1) is 7.81. The molecule has 88 valence electrons. The van der Waals surface area contributed by atoms with Gasteiger partial charge in [-0.1, -0.05) is 18.9 Å². The molecule has 0 aromatic carbocycles. The van der Waals surface area contributed by atoms with Crippen LogP contribution in [0.15, 0.2) is 17.5 Å². The molecule has 0 aliphatic heterocycles. The first-order valence-electron chi connectivity index (χ1n) is 5.69. The number of hydrogen-bond donors (Lipinski definition) is 0. The molecule has 0 saturated heterocycles. The molecule has 2 rings (SSSR count). The van der Waals surface area contributed by atoms with Gasteiger partial charge in [0, 0.05) is 10.9 Å². The van der Waals surface area contributed by atoms with Crippen LogP contribution in [0.3, 0.4) is 0 Å². The van der Waals surface area contributed by atoms with Crippen molar-refractivity contribution in [3.05, 3.63) is 22.4 Å². The summed E-state index contributed by atoms with van der Waals surface area (Å²) in [6.45, 7) is 0.730. The van der Waals surface area contributed by atoms with Crippen molar-refractivity contribution in [1.29, 1.82) is 0 Å². The lowest BCUT2D eigenvalue weighted by atomic mass is 10.2. The Morgan fingerprint density at radius 1 is 1.50 bits per heavy atom. The van der Waals surface area contributed by atoms with E-state index in [9.17, 15) is 4.79 Å². The van der Waals surface area contributed by atoms with E-state index in [4.69, 9.17) is 11.6 Å². The van der Waals surface area contributed by atoms with Crippen molar-refractivity contribution in [3.63, 3.8) is 0 Å². The van der Waals surface area contributed by atoms with Gasteiger partial charge in [-0.05, 0) is 24.3 Å². The normalized spacial score (nSPS) is 16.6. The lowest BCUT2D eigenvalue weighted by Gasteiger charge is -2.27. The summed E-state index contributed by atoms with van der Waals surface area (Å²) in [6, 6.07) is 4.51. The zero-order valence-corrected chi connectivity index (χ0v) is 10.8. The third-order valence-electron chi connectivity index (χ3n) is 3.11. The number of halogens is 1. The second-order valence-corrected chi connectivity index (χ2v) is 5.47. The van der Waals surface area contributed by atoms with Gasteiger partial charge >= 0.3 is 0 Å². The minimum absolute atomic E-state index is 0.0713. The predicted molar refractivity (Wildman–Crippen MR) is 67.8 cm³/mol. The Bertz CT molecular complexity index is 333. The van der Waals surface area contributed by atoms with Crippen molar-refractivity contribution in [2.24, 2.45) is 0 Å². The second kappa shape index (κ2) is 5.69. The van der Waals surface area contributed by atoms with Gasteiger partial charge < -0.3 is 4.90 Å². The number of nitrogens with zero attached hydrogens (tertiary/aromatic N) is 1. The van der Waals surface area contributed by atoms with Crippen LogP contribution in [0.5, 0.6) is 0 Å². The van der Waals surface area contributed by atoms with E-state index in [1.165, 1.54) is 17.7 Å². The van der Waals surface area contributed by atoms with Gasteiger partial charge in [0.05, 0.1) is 6.54 Å². The van der Waals surface area contributed by atoms with E-state index in [-0.39, 0.29) is 11.8 Å². The van der Waals surface area contributed by atoms with E-state index in [1.54, 1.807) is 11.3 Å². The molecule has 0 unspecified atom stereocenters. The quantitative estimate of drug-likeness (QED) is 0.759. The predicted octanol–water partition coefficient (Wildman–Crippen LogP) is 3.26. The minimum atomic E-state index is 0.0713. The van der Waals surface area contributed by atoms with E-state index in [1.807, 2.05) is 16.3 Å². The topological polar surface area (TPSA) is 20.3 Å². The van der Waals surface area contributed by atoms with Crippen molar-refractivity contribution in [2.75, 3.05) is 5.88 Å². The van der Waals surface area contributed by atoms with Crippen molar-refractivity contribution in [2.45, 2.75) is 38.3 Å². The van der Waals surface area contributed by atoms with E-state index < -0.39 is 0 Å². The first kappa shape index (κ1) is 11.9. The third kappa shape index (κ3) is 2.77. The Balaban J connectivity index is 2.04. The van der Waals surface area contributed by atoms with Crippen molar-refractivity contribution in [1.82, 2.24) is 4.90 Å². The van der Waals surface area contributed by atoms with Crippen LogP contribution < -0.4 is 0 Å². The highest BCUT2D eigenvalue weighted by molar-refractivity contribution is 7.09. The number of amides is 1. The molecule has 1 aromatic heterocycles. The van der Waals surface area contributed by atoms with Crippen LogP contribution in [-0.2, 0) is 11.3 Å². The molecule has 1 saturated carbocycles. The molecule has 1 aliphatic rings. The molecule has 0 radical (unpaired) electrons. The average molecular weight is 258 g/mol. The average Bonchev–Trinajstić information content (AvgIpc) is 2.97. The van der Waals surface area contributed by atoms with E-state index in [0.717, 1.165) is 19.4 Å². The Kier molecular flexibility index (Phi) is 4.24. The molecule has 4 heteroatoms. The minimum Gasteiger partial charge on any atom is -0.334 e. The summed E-state index contributed by atoms with van der Waals surface area (Å²) in [5, 5.41) is 2.05. The summed E-state index contributed by atoms with van der Waals surface area (Å²) < 4.78 is 0. The van der Waals surface area contributed by atoms with Crippen molar-refractivity contribution in [3.8, 4) is 0 Å². The number of rotatable bonds is 4. The maximum absolute atomic E-state index is 11.8. The molecular formula is C12H16ClNOS. The Morgan fingerprint density at radius 3 is 2.81 bits per heavy atom. The largest absolute Gasteiger partial charge is 0.334 e. The molecule has 2 nitrogen and oxygen atoms in total. The lowest BCUT2D eigenvalue weighted by Crippen LogP contribution is -2.38. The molecule has 0 atom stereocenters. The van der Waals surface area contributed by atoms with Crippen LogP contribution in [0.4, 0.5) is 0 Å². The fourth-order valence-electron chi connectivity index (χ4n) is 2.28. The summed E-state index contributed by atoms with van der Waals surface area (Å²) in [6.07, 6.45) is 4.74. The highest BCUT2D eigenvalue weighted by atomic mass is 35.5. The van der Waals surface area contributed by atoms with Crippen LogP contribution in [0.25, 0.3) is 0 Å². The summed E-state index contributed by atoms with van der Waals surface area (Å²) in [5.41, 5.74) is 0. The summed E-state index contributed by atoms with van der Waals surface area (Å²) in [5.74, 6) is 0.170. The molecule has 1 aliphatic carbocycles. The number of hydrogen-bond acceptors (Lipinski definition) is 2. The number of carbonyl (C=O) groups excluding carboxylic acids is 1. The summed E-state index contributed by atoms with van der Waals surface area (Å²) in [4.78, 5) is 15.0. The van der Waals surface area contributed by atoms with Gasteiger partial charge in [0.25, 0.3) is 0 Å². The highest BCUT2D eigenvalue weighted by Crippen LogP contribution is 2.26. The van der Waals surface area contributed by atoms with E-state index in [2.05, 4.69) is 6.07 Å². The van der Waals surface area contributed by atoms with E-state index in [0.29, 0.717) is 6.04 Å². The zero-order valence-electron chi connectivity index (χ0n) is 9.19. The van der Waals surface area contributed by atoms with Gasteiger partial charge in [-0.15, -0.1) is 22.9 Å². The fourth-order valence-corrected chi connectivity index (χ4v) is 3.14.